The number of fused-ring (bicyclic) bond motifs is 1. The number of carbonyl (C=O) groups is 2. The molecule has 38 heavy (non-hydrogen) atoms. The summed E-state index contributed by atoms with van der Waals surface area (Å²) in [5.74, 6) is 0.877. The summed E-state index contributed by atoms with van der Waals surface area (Å²) >= 11 is 1.36. The van der Waals surface area contributed by atoms with Gasteiger partial charge in [0, 0.05) is 25.4 Å². The number of nitrogens with zero attached hydrogens (tertiary/aromatic N) is 3. The number of thiazole rings is 1. The van der Waals surface area contributed by atoms with Crippen molar-refractivity contribution in [3.8, 4) is 5.75 Å². The van der Waals surface area contributed by atoms with Crippen LogP contribution < -0.4 is 4.74 Å². The lowest BCUT2D eigenvalue weighted by Gasteiger charge is -2.38. The van der Waals surface area contributed by atoms with E-state index in [0.29, 0.717) is 41.7 Å². The van der Waals surface area contributed by atoms with Gasteiger partial charge in [0.2, 0.25) is 5.91 Å². The van der Waals surface area contributed by atoms with Gasteiger partial charge >= 0.3 is 0 Å². The van der Waals surface area contributed by atoms with Crippen LogP contribution in [0.5, 0.6) is 5.75 Å². The van der Waals surface area contributed by atoms with Gasteiger partial charge in [0.1, 0.15) is 34.6 Å². The summed E-state index contributed by atoms with van der Waals surface area (Å²) in [5, 5.41) is 2.40. The average Bonchev–Trinajstić information content (AvgIpc) is 3.63. The van der Waals surface area contributed by atoms with Crippen molar-refractivity contribution in [3.05, 3.63) is 105 Å². The Labute approximate surface area is 224 Å². The first-order valence-electron chi connectivity index (χ1n) is 12.5. The minimum atomic E-state index is -0.316. The van der Waals surface area contributed by atoms with Crippen molar-refractivity contribution in [1.82, 2.24) is 14.8 Å². The summed E-state index contributed by atoms with van der Waals surface area (Å²) in [7, 11) is 1.71. The molecule has 196 valence electrons. The zero-order chi connectivity index (χ0) is 26.6. The number of amides is 2. The van der Waals surface area contributed by atoms with E-state index < -0.39 is 0 Å². The standard InChI is InChI=1S/C29H28FN3O4S/c1-3-27(34)33-13-12-19-8-11-22(15-24(19)28(33)20-6-9-21(30)10-7-20)37-17-26-31-25(18-38-26)29(35)32(2)16-23-5-4-14-36-23/h4-11,14-15,18,28H,3,12-13,16-17H2,1-2H3. The van der Waals surface area contributed by atoms with E-state index in [-0.39, 0.29) is 30.3 Å². The second kappa shape index (κ2) is 11.2. The maximum absolute atomic E-state index is 13.6. The van der Waals surface area contributed by atoms with Gasteiger partial charge in [-0.3, -0.25) is 9.59 Å². The van der Waals surface area contributed by atoms with Crippen LogP contribution >= 0.6 is 11.3 Å². The minimum Gasteiger partial charge on any atom is -0.486 e. The number of aromatic nitrogens is 1. The third kappa shape index (κ3) is 5.47. The number of rotatable bonds is 8. The topological polar surface area (TPSA) is 75.9 Å². The lowest BCUT2D eigenvalue weighted by atomic mass is 9.87. The number of hydrogen-bond acceptors (Lipinski definition) is 6. The molecule has 2 amide bonds. The molecule has 5 rings (SSSR count). The van der Waals surface area contributed by atoms with Crippen LogP contribution in [-0.4, -0.2) is 40.2 Å². The maximum atomic E-state index is 13.6. The van der Waals surface area contributed by atoms with E-state index in [0.717, 1.165) is 23.1 Å². The van der Waals surface area contributed by atoms with E-state index in [9.17, 15) is 14.0 Å². The van der Waals surface area contributed by atoms with Gasteiger partial charge in [0.05, 0.1) is 18.8 Å². The van der Waals surface area contributed by atoms with Crippen LogP contribution in [0.1, 0.15) is 57.3 Å². The Morgan fingerprint density at radius 3 is 2.76 bits per heavy atom. The van der Waals surface area contributed by atoms with Crippen molar-refractivity contribution in [2.45, 2.75) is 39.0 Å². The first kappa shape index (κ1) is 25.7. The third-order valence-corrected chi connectivity index (χ3v) is 7.43. The molecule has 1 aliphatic heterocycles. The van der Waals surface area contributed by atoms with Crippen LogP contribution in [0.25, 0.3) is 0 Å². The normalized spacial score (nSPS) is 14.7. The summed E-state index contributed by atoms with van der Waals surface area (Å²) in [6.07, 6.45) is 2.71. The fourth-order valence-electron chi connectivity index (χ4n) is 4.68. The van der Waals surface area contributed by atoms with Crippen molar-refractivity contribution in [2.24, 2.45) is 0 Å². The molecule has 2 aromatic carbocycles. The summed E-state index contributed by atoms with van der Waals surface area (Å²) in [6.45, 7) is 3.02. The summed E-state index contributed by atoms with van der Waals surface area (Å²) in [4.78, 5) is 33.4. The Morgan fingerprint density at radius 2 is 2.03 bits per heavy atom. The Hall–Kier alpha value is -3.98. The van der Waals surface area contributed by atoms with E-state index >= 15 is 0 Å². The van der Waals surface area contributed by atoms with Crippen LogP contribution in [0.2, 0.25) is 0 Å². The second-order valence-corrected chi connectivity index (χ2v) is 10.1. The molecule has 0 aliphatic carbocycles. The molecule has 1 unspecified atom stereocenters. The molecule has 0 N–H and O–H groups in total. The number of furan rings is 1. The van der Waals surface area contributed by atoms with Gasteiger partial charge in [0.25, 0.3) is 5.91 Å². The van der Waals surface area contributed by atoms with Gasteiger partial charge in [-0.15, -0.1) is 11.3 Å². The van der Waals surface area contributed by atoms with E-state index in [1.54, 1.807) is 41.8 Å². The Morgan fingerprint density at radius 1 is 1.21 bits per heavy atom. The van der Waals surface area contributed by atoms with Crippen LogP contribution in [-0.2, 0) is 24.4 Å². The first-order valence-corrected chi connectivity index (χ1v) is 13.3. The fourth-order valence-corrected chi connectivity index (χ4v) is 5.36. The summed E-state index contributed by atoms with van der Waals surface area (Å²) < 4.78 is 25.0. The van der Waals surface area contributed by atoms with Crippen molar-refractivity contribution < 1.29 is 23.1 Å². The molecule has 0 radical (unpaired) electrons. The SMILES string of the molecule is CCC(=O)N1CCc2ccc(OCc3nc(C(=O)N(C)Cc4ccco4)cs3)cc2C1c1ccc(F)cc1. The quantitative estimate of drug-likeness (QED) is 0.294. The van der Waals surface area contributed by atoms with E-state index in [2.05, 4.69) is 4.98 Å². The fraction of sp³-hybridized carbons (Fsp3) is 0.276. The van der Waals surface area contributed by atoms with Crippen LogP contribution in [0.4, 0.5) is 4.39 Å². The average molecular weight is 534 g/mol. The largest absolute Gasteiger partial charge is 0.486 e. The highest BCUT2D eigenvalue weighted by molar-refractivity contribution is 7.09. The van der Waals surface area contributed by atoms with Gasteiger partial charge < -0.3 is 19.0 Å². The van der Waals surface area contributed by atoms with Gasteiger partial charge in [-0.25, -0.2) is 9.37 Å². The van der Waals surface area contributed by atoms with Crippen molar-refractivity contribution in [2.75, 3.05) is 13.6 Å². The molecule has 1 atom stereocenters. The number of halogens is 1. The van der Waals surface area contributed by atoms with Crippen LogP contribution in [0.3, 0.4) is 0 Å². The number of carbonyl (C=O) groups excluding carboxylic acids is 2. The van der Waals surface area contributed by atoms with Gasteiger partial charge in [-0.05, 0) is 59.5 Å². The predicted molar refractivity (Wildman–Crippen MR) is 141 cm³/mol. The Bertz CT molecular complexity index is 1420. The lowest BCUT2D eigenvalue weighted by molar-refractivity contribution is -0.132. The molecular weight excluding hydrogens is 505 g/mol. The van der Waals surface area contributed by atoms with Crippen LogP contribution in [0.15, 0.2) is 70.7 Å². The second-order valence-electron chi connectivity index (χ2n) is 9.16. The van der Waals surface area contributed by atoms with Crippen LogP contribution in [0, 0.1) is 5.82 Å². The lowest BCUT2D eigenvalue weighted by Crippen LogP contribution is -2.40. The molecule has 3 heterocycles. The molecule has 0 saturated carbocycles. The molecule has 4 aromatic rings. The van der Waals surface area contributed by atoms with E-state index in [1.807, 2.05) is 36.1 Å². The van der Waals surface area contributed by atoms with E-state index in [1.165, 1.54) is 23.5 Å². The first-order chi connectivity index (χ1) is 18.4. The predicted octanol–water partition coefficient (Wildman–Crippen LogP) is 5.61. The molecule has 0 spiro atoms. The molecule has 0 bridgehead atoms. The van der Waals surface area contributed by atoms with Gasteiger partial charge in [-0.2, -0.15) is 0 Å². The number of hydrogen-bond donors (Lipinski definition) is 0. The van der Waals surface area contributed by atoms with E-state index in [4.69, 9.17) is 9.15 Å². The highest BCUT2D eigenvalue weighted by atomic mass is 32.1. The molecular formula is C29H28FN3O4S. The molecule has 9 heteroatoms. The summed E-state index contributed by atoms with van der Waals surface area (Å²) in [5.41, 5.74) is 3.32. The van der Waals surface area contributed by atoms with Gasteiger partial charge in [-0.1, -0.05) is 25.1 Å². The molecule has 2 aromatic heterocycles. The van der Waals surface area contributed by atoms with Gasteiger partial charge in [0.15, 0.2) is 0 Å². The molecule has 1 aliphatic rings. The summed E-state index contributed by atoms with van der Waals surface area (Å²) in [6, 6.07) is 15.5. The minimum absolute atomic E-state index is 0.0493. The van der Waals surface area contributed by atoms with Crippen molar-refractivity contribution in [3.63, 3.8) is 0 Å². The van der Waals surface area contributed by atoms with Crippen molar-refractivity contribution >= 4 is 23.2 Å². The molecule has 0 saturated heterocycles. The number of benzene rings is 2. The zero-order valence-electron chi connectivity index (χ0n) is 21.2. The molecule has 7 nitrogen and oxygen atoms in total. The Balaban J connectivity index is 1.32. The zero-order valence-corrected chi connectivity index (χ0v) is 22.0. The smallest absolute Gasteiger partial charge is 0.273 e. The number of ether oxygens (including phenoxy) is 1. The molecule has 0 fully saturated rings. The highest BCUT2D eigenvalue weighted by Crippen LogP contribution is 2.37. The maximum Gasteiger partial charge on any atom is 0.273 e. The highest BCUT2D eigenvalue weighted by Gasteiger charge is 2.31. The third-order valence-electron chi connectivity index (χ3n) is 6.61. The van der Waals surface area contributed by atoms with Crippen molar-refractivity contribution in [1.29, 1.82) is 0 Å². The Kier molecular flexibility index (Phi) is 7.55. The monoisotopic (exact) mass is 533 g/mol.